The zero-order valence-electron chi connectivity index (χ0n) is 15.4. The van der Waals surface area contributed by atoms with Crippen molar-refractivity contribution in [3.63, 3.8) is 0 Å². The first-order valence-electron chi connectivity index (χ1n) is 8.27. The van der Waals surface area contributed by atoms with E-state index in [4.69, 9.17) is 14.2 Å². The maximum absolute atomic E-state index is 5.32. The van der Waals surface area contributed by atoms with Crippen LogP contribution in [0.15, 0.2) is 48.7 Å². The number of hydrogen-bond donors (Lipinski definition) is 2. The Hall–Kier alpha value is -3.55. The molecule has 0 radical (unpaired) electrons. The van der Waals surface area contributed by atoms with Crippen LogP contribution < -0.4 is 24.8 Å². The molecule has 1 heterocycles. The second-order valence-corrected chi connectivity index (χ2v) is 5.57. The van der Waals surface area contributed by atoms with Gasteiger partial charge in [-0.15, -0.1) is 5.10 Å². The van der Waals surface area contributed by atoms with Crippen molar-refractivity contribution in [2.24, 2.45) is 0 Å². The molecule has 1 aromatic heterocycles. The molecule has 2 N–H and O–H groups in total. The Morgan fingerprint density at radius 2 is 1.78 bits per heavy atom. The second kappa shape index (κ2) is 8.70. The van der Waals surface area contributed by atoms with E-state index in [0.29, 0.717) is 29.8 Å². The maximum atomic E-state index is 5.32. The van der Waals surface area contributed by atoms with Gasteiger partial charge in [0.05, 0.1) is 27.5 Å². The molecule has 0 fully saturated rings. The Morgan fingerprint density at radius 3 is 2.56 bits per heavy atom. The van der Waals surface area contributed by atoms with E-state index in [0.717, 1.165) is 17.0 Å². The molecular formula is C19H21N5O3. The lowest BCUT2D eigenvalue weighted by atomic mass is 10.2. The van der Waals surface area contributed by atoms with Crippen molar-refractivity contribution in [3.8, 4) is 17.2 Å². The summed E-state index contributed by atoms with van der Waals surface area (Å²) in [5.74, 6) is 3.10. The highest BCUT2D eigenvalue weighted by Gasteiger charge is 2.06. The first-order chi connectivity index (χ1) is 13.2. The van der Waals surface area contributed by atoms with Crippen LogP contribution in [0.3, 0.4) is 0 Å². The first kappa shape index (κ1) is 18.2. The zero-order chi connectivity index (χ0) is 19.1. The van der Waals surface area contributed by atoms with E-state index in [1.54, 1.807) is 27.5 Å². The molecular weight excluding hydrogens is 346 g/mol. The lowest BCUT2D eigenvalue weighted by Crippen LogP contribution is -2.06. The Labute approximate surface area is 157 Å². The molecule has 0 aliphatic heterocycles. The lowest BCUT2D eigenvalue weighted by Gasteiger charge is -2.11. The van der Waals surface area contributed by atoms with Gasteiger partial charge in [-0.3, -0.25) is 0 Å². The van der Waals surface area contributed by atoms with E-state index >= 15 is 0 Å². The maximum Gasteiger partial charge on any atom is 0.244 e. The number of methoxy groups -OCH3 is 3. The third kappa shape index (κ3) is 4.75. The van der Waals surface area contributed by atoms with Crippen LogP contribution in [0.1, 0.15) is 5.56 Å². The SMILES string of the molecule is COc1cccc(Nc2cnnc(NCc3ccc(OC)c(OC)c3)n2)c1. The normalized spacial score (nSPS) is 10.2. The zero-order valence-corrected chi connectivity index (χ0v) is 15.4. The Bertz CT molecular complexity index is 904. The average molecular weight is 367 g/mol. The van der Waals surface area contributed by atoms with E-state index in [1.165, 1.54) is 0 Å². The molecule has 0 bridgehead atoms. The van der Waals surface area contributed by atoms with Crippen LogP contribution in [0.5, 0.6) is 17.2 Å². The summed E-state index contributed by atoms with van der Waals surface area (Å²) >= 11 is 0. The summed E-state index contributed by atoms with van der Waals surface area (Å²) in [6, 6.07) is 13.3. The fraction of sp³-hybridized carbons (Fsp3) is 0.211. The topological polar surface area (TPSA) is 90.4 Å². The molecule has 0 saturated heterocycles. The Kier molecular flexibility index (Phi) is 5.88. The highest BCUT2D eigenvalue weighted by Crippen LogP contribution is 2.27. The fourth-order valence-electron chi connectivity index (χ4n) is 2.46. The summed E-state index contributed by atoms with van der Waals surface area (Å²) in [5, 5.41) is 14.3. The molecule has 0 unspecified atom stereocenters. The molecule has 8 nitrogen and oxygen atoms in total. The number of nitrogens with zero attached hydrogens (tertiary/aromatic N) is 3. The second-order valence-electron chi connectivity index (χ2n) is 5.57. The van der Waals surface area contributed by atoms with Gasteiger partial charge in [-0.1, -0.05) is 12.1 Å². The third-order valence-corrected chi connectivity index (χ3v) is 3.80. The Morgan fingerprint density at radius 1 is 0.926 bits per heavy atom. The number of ether oxygens (including phenoxy) is 3. The highest BCUT2D eigenvalue weighted by molar-refractivity contribution is 5.58. The molecule has 0 amide bonds. The molecule has 0 aliphatic carbocycles. The average Bonchev–Trinajstić information content (AvgIpc) is 2.72. The number of benzene rings is 2. The van der Waals surface area contributed by atoms with Crippen LogP contribution in [-0.4, -0.2) is 36.5 Å². The molecule has 3 rings (SSSR count). The minimum atomic E-state index is 0.415. The molecule has 0 atom stereocenters. The molecule has 2 aromatic carbocycles. The van der Waals surface area contributed by atoms with E-state index in [9.17, 15) is 0 Å². The van der Waals surface area contributed by atoms with Gasteiger partial charge in [0.1, 0.15) is 5.75 Å². The van der Waals surface area contributed by atoms with Crippen LogP contribution >= 0.6 is 0 Å². The van der Waals surface area contributed by atoms with E-state index < -0.39 is 0 Å². The monoisotopic (exact) mass is 367 g/mol. The highest BCUT2D eigenvalue weighted by atomic mass is 16.5. The van der Waals surface area contributed by atoms with Crippen molar-refractivity contribution < 1.29 is 14.2 Å². The number of nitrogens with one attached hydrogen (secondary N) is 2. The molecule has 8 heteroatoms. The summed E-state index contributed by atoms with van der Waals surface area (Å²) < 4.78 is 15.8. The van der Waals surface area contributed by atoms with Gasteiger partial charge < -0.3 is 24.8 Å². The smallest absolute Gasteiger partial charge is 0.244 e. The number of rotatable bonds is 8. The molecule has 0 saturated carbocycles. The molecule has 0 aliphatic rings. The Balaban J connectivity index is 1.67. The van der Waals surface area contributed by atoms with Crippen LogP contribution in [0.4, 0.5) is 17.5 Å². The predicted octanol–water partition coefficient (Wildman–Crippen LogP) is 3.25. The van der Waals surface area contributed by atoms with Crippen LogP contribution in [-0.2, 0) is 6.54 Å². The number of aromatic nitrogens is 3. The van der Waals surface area contributed by atoms with Gasteiger partial charge in [-0.25, -0.2) is 0 Å². The van der Waals surface area contributed by atoms with E-state index in [2.05, 4.69) is 25.8 Å². The van der Waals surface area contributed by atoms with Crippen molar-refractivity contribution in [2.75, 3.05) is 32.0 Å². The van der Waals surface area contributed by atoms with Crippen molar-refractivity contribution in [1.82, 2.24) is 15.2 Å². The van der Waals surface area contributed by atoms with Gasteiger partial charge in [0.25, 0.3) is 0 Å². The predicted molar refractivity (Wildman–Crippen MR) is 103 cm³/mol. The minimum Gasteiger partial charge on any atom is -0.497 e. The van der Waals surface area contributed by atoms with Gasteiger partial charge in [0, 0.05) is 18.3 Å². The van der Waals surface area contributed by atoms with Crippen molar-refractivity contribution in [2.45, 2.75) is 6.54 Å². The largest absolute Gasteiger partial charge is 0.497 e. The van der Waals surface area contributed by atoms with Gasteiger partial charge in [0.2, 0.25) is 5.95 Å². The van der Waals surface area contributed by atoms with Gasteiger partial charge in [-0.2, -0.15) is 10.1 Å². The van der Waals surface area contributed by atoms with Gasteiger partial charge >= 0.3 is 0 Å². The van der Waals surface area contributed by atoms with Gasteiger partial charge in [0.15, 0.2) is 17.3 Å². The quantitative estimate of drug-likeness (QED) is 0.627. The summed E-state index contributed by atoms with van der Waals surface area (Å²) in [7, 11) is 4.84. The third-order valence-electron chi connectivity index (χ3n) is 3.80. The standard InChI is InChI=1S/C19H21N5O3/c1-25-15-6-4-5-14(10-15)22-18-12-21-24-19(23-18)20-11-13-7-8-16(26-2)17(9-13)27-3/h4-10,12H,11H2,1-3H3,(H2,20,22,23,24). The first-order valence-corrected chi connectivity index (χ1v) is 8.27. The lowest BCUT2D eigenvalue weighted by molar-refractivity contribution is 0.354. The number of anilines is 3. The van der Waals surface area contributed by atoms with Crippen LogP contribution in [0, 0.1) is 0 Å². The summed E-state index contributed by atoms with van der Waals surface area (Å²) in [5.41, 5.74) is 1.85. The molecule has 0 spiro atoms. The van der Waals surface area contributed by atoms with Crippen molar-refractivity contribution >= 4 is 17.5 Å². The molecule has 140 valence electrons. The molecule has 27 heavy (non-hydrogen) atoms. The minimum absolute atomic E-state index is 0.415. The summed E-state index contributed by atoms with van der Waals surface area (Å²) in [4.78, 5) is 4.42. The summed E-state index contributed by atoms with van der Waals surface area (Å²) in [6.45, 7) is 0.518. The summed E-state index contributed by atoms with van der Waals surface area (Å²) in [6.07, 6.45) is 1.56. The van der Waals surface area contributed by atoms with E-state index in [1.807, 2.05) is 42.5 Å². The van der Waals surface area contributed by atoms with Crippen molar-refractivity contribution in [1.29, 1.82) is 0 Å². The van der Waals surface area contributed by atoms with Crippen molar-refractivity contribution in [3.05, 3.63) is 54.2 Å². The number of hydrogen-bond acceptors (Lipinski definition) is 8. The van der Waals surface area contributed by atoms with Crippen LogP contribution in [0.2, 0.25) is 0 Å². The van der Waals surface area contributed by atoms with Gasteiger partial charge in [-0.05, 0) is 29.8 Å². The molecule has 3 aromatic rings. The fourth-order valence-corrected chi connectivity index (χ4v) is 2.46. The van der Waals surface area contributed by atoms with Crippen LogP contribution in [0.25, 0.3) is 0 Å². The van der Waals surface area contributed by atoms with E-state index in [-0.39, 0.29) is 0 Å².